The van der Waals surface area contributed by atoms with Gasteiger partial charge in [-0.1, -0.05) is 99.6 Å². The van der Waals surface area contributed by atoms with Crippen LogP contribution in [-0.4, -0.2) is 0 Å². The van der Waals surface area contributed by atoms with Crippen LogP contribution in [0.3, 0.4) is 0 Å². The van der Waals surface area contributed by atoms with Crippen LogP contribution in [0.4, 0.5) is 0 Å². The molecule has 8 rings (SSSR count). The summed E-state index contributed by atoms with van der Waals surface area (Å²) in [6.07, 6.45) is 0. The van der Waals surface area contributed by atoms with Crippen LogP contribution in [-0.2, 0) is 5.41 Å². The van der Waals surface area contributed by atoms with Crippen LogP contribution in [0.2, 0.25) is 0 Å². The maximum atomic E-state index is 2.44. The Balaban J connectivity index is 1.54. The van der Waals surface area contributed by atoms with Crippen LogP contribution in [0.25, 0.3) is 75.8 Å². The Hall–Kier alpha value is -4.16. The molecule has 8 aromatic carbocycles. The van der Waals surface area contributed by atoms with Crippen molar-refractivity contribution < 1.29 is 0 Å². The average molecular weight is 515 g/mol. The molecule has 0 saturated heterocycles. The molecule has 0 N–H and O–H groups in total. The van der Waals surface area contributed by atoms with Gasteiger partial charge >= 0.3 is 0 Å². The Morgan fingerprint density at radius 1 is 0.375 bits per heavy atom. The molecule has 0 amide bonds. The second-order valence-corrected chi connectivity index (χ2v) is 13.2. The van der Waals surface area contributed by atoms with Gasteiger partial charge in [0, 0.05) is 0 Å². The Kier molecular flexibility index (Phi) is 4.58. The van der Waals surface area contributed by atoms with E-state index in [0.29, 0.717) is 0 Å². The van der Waals surface area contributed by atoms with Crippen molar-refractivity contribution in [2.75, 3.05) is 0 Å². The Labute approximate surface area is 235 Å². The summed E-state index contributed by atoms with van der Waals surface area (Å²) in [5, 5.41) is 16.5. The molecule has 0 aliphatic heterocycles. The van der Waals surface area contributed by atoms with E-state index in [0.717, 1.165) is 0 Å². The van der Waals surface area contributed by atoms with E-state index in [2.05, 4.69) is 127 Å². The molecule has 194 valence electrons. The number of hydrogen-bond donors (Lipinski definition) is 0. The van der Waals surface area contributed by atoms with E-state index in [9.17, 15) is 0 Å². The zero-order valence-corrected chi connectivity index (χ0v) is 24.5. The minimum absolute atomic E-state index is 0.113. The summed E-state index contributed by atoms with van der Waals surface area (Å²) in [5.41, 5.74) is 9.58. The van der Waals surface area contributed by atoms with Gasteiger partial charge in [0.1, 0.15) is 0 Å². The summed E-state index contributed by atoms with van der Waals surface area (Å²) in [4.78, 5) is 0. The summed E-state index contributed by atoms with van der Waals surface area (Å²) in [6.45, 7) is 16.0. The lowest BCUT2D eigenvalue weighted by Crippen LogP contribution is -2.10. The predicted molar refractivity (Wildman–Crippen MR) is 177 cm³/mol. The average Bonchev–Trinajstić information content (AvgIpc) is 2.92. The highest BCUT2D eigenvalue weighted by Gasteiger charge is 2.21. The summed E-state index contributed by atoms with van der Waals surface area (Å²) < 4.78 is 0. The van der Waals surface area contributed by atoms with E-state index >= 15 is 0 Å². The Bertz CT molecular complexity index is 2280. The zero-order chi connectivity index (χ0) is 27.7. The molecule has 0 saturated carbocycles. The molecule has 0 aromatic heterocycles. The smallest absolute Gasteiger partial charge is 0.00177 e. The SMILES string of the molecule is Cc1cc(-c2cc(C)c3ccc4c(C)cc(C)c5ccc2c3c45)c2ccc3cc(C(C)(C)C)cc4ccc1c2c43. The Morgan fingerprint density at radius 3 is 1.20 bits per heavy atom. The van der Waals surface area contributed by atoms with E-state index in [-0.39, 0.29) is 5.41 Å². The fourth-order valence-electron chi connectivity index (χ4n) is 7.53. The second kappa shape index (κ2) is 7.73. The van der Waals surface area contributed by atoms with Crippen LogP contribution in [0.15, 0.2) is 78.9 Å². The lowest BCUT2D eigenvalue weighted by atomic mass is 9.81. The highest BCUT2D eigenvalue weighted by atomic mass is 14.2. The molecule has 40 heavy (non-hydrogen) atoms. The first-order valence-corrected chi connectivity index (χ1v) is 14.5. The molecule has 0 aliphatic rings. The van der Waals surface area contributed by atoms with E-state index in [1.165, 1.54) is 104 Å². The predicted octanol–water partition coefficient (Wildman–Crippen LogP) is 11.7. The van der Waals surface area contributed by atoms with Gasteiger partial charge in [0.05, 0.1) is 0 Å². The number of aryl methyl sites for hydroxylation is 4. The van der Waals surface area contributed by atoms with Gasteiger partial charge in [0.2, 0.25) is 0 Å². The lowest BCUT2D eigenvalue weighted by Gasteiger charge is -2.23. The molecular formula is C40H34. The maximum absolute atomic E-state index is 2.44. The fraction of sp³-hybridized carbons (Fsp3) is 0.200. The van der Waals surface area contributed by atoms with Gasteiger partial charge < -0.3 is 0 Å². The van der Waals surface area contributed by atoms with Crippen LogP contribution >= 0.6 is 0 Å². The van der Waals surface area contributed by atoms with Crippen molar-refractivity contribution in [3.63, 3.8) is 0 Å². The first kappa shape index (κ1) is 23.7. The molecule has 0 atom stereocenters. The minimum Gasteiger partial charge on any atom is -0.0561 e. The normalized spacial score (nSPS) is 12.9. The molecule has 8 aromatic rings. The maximum Gasteiger partial charge on any atom is -0.00177 e. The molecule has 0 bridgehead atoms. The summed E-state index contributed by atoms with van der Waals surface area (Å²) in [5.74, 6) is 0. The fourth-order valence-corrected chi connectivity index (χ4v) is 7.53. The molecule has 0 fully saturated rings. The van der Waals surface area contributed by atoms with E-state index < -0.39 is 0 Å². The van der Waals surface area contributed by atoms with E-state index in [1.54, 1.807) is 0 Å². The highest BCUT2D eigenvalue weighted by molar-refractivity contribution is 6.30. The van der Waals surface area contributed by atoms with Crippen molar-refractivity contribution >= 4 is 64.6 Å². The third-order valence-corrected chi connectivity index (χ3v) is 9.60. The summed E-state index contributed by atoms with van der Waals surface area (Å²) in [6, 6.07) is 30.8. The van der Waals surface area contributed by atoms with Crippen molar-refractivity contribution in [2.45, 2.75) is 53.9 Å². The van der Waals surface area contributed by atoms with Crippen molar-refractivity contribution in [3.05, 3.63) is 107 Å². The van der Waals surface area contributed by atoms with E-state index in [4.69, 9.17) is 0 Å². The zero-order valence-electron chi connectivity index (χ0n) is 24.5. The van der Waals surface area contributed by atoms with Gasteiger partial charge in [0.25, 0.3) is 0 Å². The molecule has 0 heterocycles. The third-order valence-electron chi connectivity index (χ3n) is 9.60. The monoisotopic (exact) mass is 514 g/mol. The lowest BCUT2D eigenvalue weighted by molar-refractivity contribution is 0.591. The standard InChI is InChI=1S/C40H34/c1-21-16-22(2)30-14-15-33-35(18-24(4)31-13-12-29(21)37(30)39(31)33)34-17-23(3)28-10-8-25-19-27(40(5,6)7)20-26-9-11-32(34)38(28)36(25)26/h8-20H,1-7H3. The molecule has 0 heteroatoms. The first-order chi connectivity index (χ1) is 19.1. The van der Waals surface area contributed by atoms with E-state index in [1.807, 2.05) is 0 Å². The molecule has 0 radical (unpaired) electrons. The number of hydrogen-bond acceptors (Lipinski definition) is 0. The van der Waals surface area contributed by atoms with Crippen LogP contribution < -0.4 is 0 Å². The van der Waals surface area contributed by atoms with Crippen LogP contribution in [0.5, 0.6) is 0 Å². The van der Waals surface area contributed by atoms with Crippen molar-refractivity contribution in [1.82, 2.24) is 0 Å². The second-order valence-electron chi connectivity index (χ2n) is 13.2. The van der Waals surface area contributed by atoms with Gasteiger partial charge in [-0.15, -0.1) is 0 Å². The van der Waals surface area contributed by atoms with Gasteiger partial charge in [-0.05, 0) is 137 Å². The number of benzene rings is 8. The Morgan fingerprint density at radius 2 is 0.725 bits per heavy atom. The molecule has 0 spiro atoms. The molecular weight excluding hydrogens is 480 g/mol. The van der Waals surface area contributed by atoms with Gasteiger partial charge in [-0.2, -0.15) is 0 Å². The quantitative estimate of drug-likeness (QED) is 0.191. The third kappa shape index (κ3) is 3.02. The minimum atomic E-state index is 0.113. The highest BCUT2D eigenvalue weighted by Crippen LogP contribution is 2.47. The van der Waals surface area contributed by atoms with Crippen molar-refractivity contribution in [2.24, 2.45) is 0 Å². The summed E-state index contributed by atoms with van der Waals surface area (Å²) in [7, 11) is 0. The number of rotatable bonds is 1. The van der Waals surface area contributed by atoms with Gasteiger partial charge in [-0.25, -0.2) is 0 Å². The van der Waals surface area contributed by atoms with Gasteiger partial charge in [0.15, 0.2) is 0 Å². The first-order valence-electron chi connectivity index (χ1n) is 14.5. The van der Waals surface area contributed by atoms with Crippen molar-refractivity contribution in [1.29, 1.82) is 0 Å². The molecule has 0 aliphatic carbocycles. The van der Waals surface area contributed by atoms with Crippen LogP contribution in [0.1, 0.15) is 48.6 Å². The molecule has 0 nitrogen and oxygen atoms in total. The van der Waals surface area contributed by atoms with Crippen LogP contribution in [0, 0.1) is 27.7 Å². The summed E-state index contributed by atoms with van der Waals surface area (Å²) >= 11 is 0. The van der Waals surface area contributed by atoms with Crippen molar-refractivity contribution in [3.8, 4) is 11.1 Å². The molecule has 0 unspecified atom stereocenters. The van der Waals surface area contributed by atoms with Gasteiger partial charge in [-0.3, -0.25) is 0 Å². The largest absolute Gasteiger partial charge is 0.0561 e. The topological polar surface area (TPSA) is 0 Å².